The van der Waals surface area contributed by atoms with Crippen LogP contribution in [0.5, 0.6) is 0 Å². The topological polar surface area (TPSA) is 29.1 Å². The van der Waals surface area contributed by atoms with E-state index in [4.69, 9.17) is 0 Å². The molecule has 2 nitrogen and oxygen atoms in total. The highest BCUT2D eigenvalue weighted by Crippen LogP contribution is 2.41. The summed E-state index contributed by atoms with van der Waals surface area (Å²) >= 11 is 1.72. The van der Waals surface area contributed by atoms with Crippen molar-refractivity contribution in [2.24, 2.45) is 0 Å². The fraction of sp³-hybridized carbons (Fsp3) is 0.0952. The van der Waals surface area contributed by atoms with Crippen molar-refractivity contribution < 1.29 is 4.79 Å². The van der Waals surface area contributed by atoms with Crippen LogP contribution in [0.2, 0.25) is 0 Å². The Labute approximate surface area is 145 Å². The summed E-state index contributed by atoms with van der Waals surface area (Å²) in [5, 5.41) is 3.24. The maximum atomic E-state index is 12.8. The molecule has 2 heterocycles. The van der Waals surface area contributed by atoms with Gasteiger partial charge in [0.1, 0.15) is 5.54 Å². The second kappa shape index (κ2) is 5.77. The van der Waals surface area contributed by atoms with Crippen molar-refractivity contribution in [2.75, 3.05) is 0 Å². The molecule has 1 amide bonds. The van der Waals surface area contributed by atoms with Crippen molar-refractivity contribution in [3.05, 3.63) is 99.8 Å². The summed E-state index contributed by atoms with van der Waals surface area (Å²) in [6, 6.07) is 24.2. The Morgan fingerprint density at radius 2 is 1.54 bits per heavy atom. The first-order valence-corrected chi connectivity index (χ1v) is 8.74. The van der Waals surface area contributed by atoms with Crippen LogP contribution in [0.3, 0.4) is 0 Å². The summed E-state index contributed by atoms with van der Waals surface area (Å²) in [5.41, 5.74) is 2.15. The zero-order valence-electron chi connectivity index (χ0n) is 13.3. The molecule has 3 heteroatoms. The molecule has 1 aliphatic heterocycles. The maximum Gasteiger partial charge on any atom is 0.252 e. The van der Waals surface area contributed by atoms with E-state index in [-0.39, 0.29) is 5.91 Å². The molecule has 2 aromatic carbocycles. The quantitative estimate of drug-likeness (QED) is 0.751. The minimum atomic E-state index is -0.595. The van der Waals surface area contributed by atoms with Gasteiger partial charge < -0.3 is 5.32 Å². The molecular weight excluding hydrogens is 314 g/mol. The van der Waals surface area contributed by atoms with Crippen molar-refractivity contribution in [1.29, 1.82) is 0 Å². The number of amides is 1. The minimum Gasteiger partial charge on any atom is -0.334 e. The van der Waals surface area contributed by atoms with E-state index in [0.717, 1.165) is 21.6 Å². The molecule has 0 aliphatic carbocycles. The van der Waals surface area contributed by atoms with Crippen LogP contribution in [-0.2, 0) is 10.3 Å². The molecule has 0 saturated carbocycles. The number of rotatable bonds is 3. The molecule has 0 spiro atoms. The van der Waals surface area contributed by atoms with Crippen LogP contribution in [0.4, 0.5) is 0 Å². The second-order valence-corrected chi connectivity index (χ2v) is 7.25. The molecule has 1 atom stereocenters. The molecule has 1 aromatic heterocycles. The summed E-state index contributed by atoms with van der Waals surface area (Å²) < 4.78 is 0. The van der Waals surface area contributed by atoms with Gasteiger partial charge in [0.2, 0.25) is 0 Å². The van der Waals surface area contributed by atoms with E-state index in [1.165, 1.54) is 4.88 Å². The van der Waals surface area contributed by atoms with Crippen LogP contribution in [0, 0.1) is 6.92 Å². The molecule has 118 valence electrons. The fourth-order valence-corrected chi connectivity index (χ4v) is 4.18. The molecule has 1 aliphatic rings. The van der Waals surface area contributed by atoms with Crippen molar-refractivity contribution >= 4 is 22.8 Å². The number of aryl methyl sites for hydroxylation is 1. The number of carbonyl (C=O) groups is 1. The van der Waals surface area contributed by atoms with E-state index in [0.29, 0.717) is 0 Å². The zero-order chi connectivity index (χ0) is 16.6. The highest BCUT2D eigenvalue weighted by Gasteiger charge is 2.41. The van der Waals surface area contributed by atoms with Gasteiger partial charge in [-0.3, -0.25) is 4.79 Å². The summed E-state index contributed by atoms with van der Waals surface area (Å²) in [4.78, 5) is 15.1. The number of benzene rings is 2. The molecule has 0 fully saturated rings. The normalized spacial score (nSPS) is 19.9. The lowest BCUT2D eigenvalue weighted by atomic mass is 9.88. The van der Waals surface area contributed by atoms with E-state index in [1.54, 1.807) is 11.3 Å². The van der Waals surface area contributed by atoms with Crippen molar-refractivity contribution in [2.45, 2.75) is 12.5 Å². The second-order valence-electron chi connectivity index (χ2n) is 5.96. The average Bonchev–Trinajstić information content (AvgIpc) is 3.21. The Kier molecular flexibility index (Phi) is 3.58. The Hall–Kier alpha value is -2.65. The largest absolute Gasteiger partial charge is 0.334 e. The highest BCUT2D eigenvalue weighted by molar-refractivity contribution is 7.12. The maximum absolute atomic E-state index is 12.8. The molecule has 0 bridgehead atoms. The lowest BCUT2D eigenvalue weighted by Crippen LogP contribution is -2.39. The molecule has 1 unspecified atom stereocenters. The van der Waals surface area contributed by atoms with Crippen LogP contribution in [-0.4, -0.2) is 5.91 Å². The lowest BCUT2D eigenvalue weighted by Gasteiger charge is -2.27. The van der Waals surface area contributed by atoms with Crippen LogP contribution >= 0.6 is 11.3 Å². The van der Waals surface area contributed by atoms with Gasteiger partial charge in [0.05, 0.1) is 0 Å². The van der Waals surface area contributed by atoms with Gasteiger partial charge in [0.15, 0.2) is 0 Å². The standard InChI is InChI=1S/C21H17NOS/c1-15-12-13-19(24-15)21(17-10-6-3-7-11-17)14-18(20(23)22-21)16-8-4-2-5-9-16/h2-14H,1H3,(H,22,23). The van der Waals surface area contributed by atoms with E-state index in [2.05, 4.69) is 42.6 Å². The molecule has 0 radical (unpaired) electrons. The third-order valence-electron chi connectivity index (χ3n) is 4.36. The number of nitrogens with one attached hydrogen (secondary N) is 1. The smallest absolute Gasteiger partial charge is 0.252 e. The SMILES string of the molecule is Cc1ccc(C2(c3ccccc3)C=C(c3ccccc3)C(=O)N2)s1. The Morgan fingerprint density at radius 3 is 2.17 bits per heavy atom. The third-order valence-corrected chi connectivity index (χ3v) is 5.50. The van der Waals surface area contributed by atoms with Crippen LogP contribution < -0.4 is 5.32 Å². The van der Waals surface area contributed by atoms with E-state index >= 15 is 0 Å². The van der Waals surface area contributed by atoms with Gasteiger partial charge in [0.25, 0.3) is 5.91 Å². The highest BCUT2D eigenvalue weighted by atomic mass is 32.1. The van der Waals surface area contributed by atoms with Crippen molar-refractivity contribution in [3.63, 3.8) is 0 Å². The number of carbonyl (C=O) groups excluding carboxylic acids is 1. The molecule has 0 saturated heterocycles. The van der Waals surface area contributed by atoms with Gasteiger partial charge in [-0.05, 0) is 36.3 Å². The predicted molar refractivity (Wildman–Crippen MR) is 98.8 cm³/mol. The van der Waals surface area contributed by atoms with Crippen LogP contribution in [0.25, 0.3) is 5.57 Å². The van der Waals surface area contributed by atoms with E-state index in [1.807, 2.05) is 48.5 Å². The number of hydrogen-bond acceptors (Lipinski definition) is 2. The van der Waals surface area contributed by atoms with Gasteiger partial charge in [-0.15, -0.1) is 11.3 Å². The lowest BCUT2D eigenvalue weighted by molar-refractivity contribution is -0.115. The van der Waals surface area contributed by atoms with Crippen LogP contribution in [0.15, 0.2) is 78.9 Å². The molecular formula is C21H17NOS. The van der Waals surface area contributed by atoms with Gasteiger partial charge in [0, 0.05) is 15.3 Å². The zero-order valence-corrected chi connectivity index (χ0v) is 14.1. The van der Waals surface area contributed by atoms with E-state index in [9.17, 15) is 4.79 Å². The average molecular weight is 331 g/mol. The summed E-state index contributed by atoms with van der Waals surface area (Å²) in [7, 11) is 0. The van der Waals surface area contributed by atoms with Gasteiger partial charge in [-0.25, -0.2) is 0 Å². The third kappa shape index (κ3) is 2.38. The van der Waals surface area contributed by atoms with Gasteiger partial charge in [-0.1, -0.05) is 60.7 Å². The van der Waals surface area contributed by atoms with Crippen LogP contribution in [0.1, 0.15) is 20.9 Å². The molecule has 24 heavy (non-hydrogen) atoms. The summed E-state index contributed by atoms with van der Waals surface area (Å²) in [6.45, 7) is 2.09. The molecule has 3 aromatic rings. The Bertz CT molecular complexity index is 911. The summed E-state index contributed by atoms with van der Waals surface area (Å²) in [6.07, 6.45) is 2.07. The van der Waals surface area contributed by atoms with Gasteiger partial charge in [-0.2, -0.15) is 0 Å². The Balaban J connectivity index is 1.93. The van der Waals surface area contributed by atoms with E-state index < -0.39 is 5.54 Å². The summed E-state index contributed by atoms with van der Waals surface area (Å²) in [5.74, 6) is -0.0314. The molecule has 1 N–H and O–H groups in total. The molecule has 4 rings (SSSR count). The van der Waals surface area contributed by atoms with Crippen molar-refractivity contribution in [3.8, 4) is 0 Å². The first kappa shape index (κ1) is 14.9. The van der Waals surface area contributed by atoms with Crippen molar-refractivity contribution in [1.82, 2.24) is 5.32 Å². The monoisotopic (exact) mass is 331 g/mol. The number of hydrogen-bond donors (Lipinski definition) is 1. The Morgan fingerprint density at radius 1 is 0.875 bits per heavy atom. The predicted octanol–water partition coefficient (Wildman–Crippen LogP) is 4.51. The first-order valence-electron chi connectivity index (χ1n) is 7.92. The minimum absolute atomic E-state index is 0.0314. The first-order chi connectivity index (χ1) is 11.7. The number of thiophene rings is 1. The fourth-order valence-electron chi connectivity index (χ4n) is 3.17. The van der Waals surface area contributed by atoms with Gasteiger partial charge >= 0.3 is 0 Å².